The quantitative estimate of drug-likeness (QED) is 0.740. The van der Waals surface area contributed by atoms with Crippen molar-refractivity contribution in [2.75, 3.05) is 6.54 Å². The van der Waals surface area contributed by atoms with E-state index in [0.29, 0.717) is 6.54 Å². The van der Waals surface area contributed by atoms with Crippen LogP contribution in [0, 0.1) is 5.92 Å². The number of halogens is 3. The van der Waals surface area contributed by atoms with Gasteiger partial charge in [-0.3, -0.25) is 0 Å². The molecule has 2 nitrogen and oxygen atoms in total. The van der Waals surface area contributed by atoms with Gasteiger partial charge in [-0.2, -0.15) is 13.2 Å². The van der Waals surface area contributed by atoms with E-state index in [1.165, 1.54) is 0 Å². The van der Waals surface area contributed by atoms with Crippen LogP contribution in [0.3, 0.4) is 0 Å². The molecule has 1 rings (SSSR count). The molecule has 1 saturated carbocycles. The summed E-state index contributed by atoms with van der Waals surface area (Å²) >= 11 is 0. The van der Waals surface area contributed by atoms with Gasteiger partial charge in [0.15, 0.2) is 0 Å². The summed E-state index contributed by atoms with van der Waals surface area (Å²) in [5.74, 6) is 0.0647. The van der Waals surface area contributed by atoms with Crippen LogP contribution >= 0.6 is 0 Å². The van der Waals surface area contributed by atoms with Crippen molar-refractivity contribution in [2.24, 2.45) is 11.7 Å². The van der Waals surface area contributed by atoms with Crippen molar-refractivity contribution in [1.82, 2.24) is 5.32 Å². The van der Waals surface area contributed by atoms with Crippen LogP contribution in [0.4, 0.5) is 13.2 Å². The molecule has 0 heterocycles. The van der Waals surface area contributed by atoms with Gasteiger partial charge in [-0.1, -0.05) is 6.92 Å². The average molecular weight is 210 g/mol. The second kappa shape index (κ2) is 3.70. The smallest absolute Gasteiger partial charge is 0.328 e. The molecule has 0 aromatic rings. The Morgan fingerprint density at radius 1 is 1.36 bits per heavy atom. The zero-order chi connectivity index (χ0) is 11.0. The van der Waals surface area contributed by atoms with E-state index in [9.17, 15) is 13.2 Å². The highest BCUT2D eigenvalue weighted by Crippen LogP contribution is 2.48. The summed E-state index contributed by atoms with van der Waals surface area (Å²) < 4.78 is 37.4. The lowest BCUT2D eigenvalue weighted by atomic mass is 10.0. The topological polar surface area (TPSA) is 38.0 Å². The van der Waals surface area contributed by atoms with E-state index in [2.05, 4.69) is 5.32 Å². The molecule has 0 aromatic heterocycles. The standard InChI is InChI=1S/C9H17F3N2/c1-6(7(2)13)5-14-8(3-4-8)9(10,11)12/h6-7,14H,3-5,13H2,1-2H3. The highest BCUT2D eigenvalue weighted by atomic mass is 19.4. The monoisotopic (exact) mass is 210 g/mol. The molecule has 2 atom stereocenters. The van der Waals surface area contributed by atoms with E-state index >= 15 is 0 Å². The summed E-state index contributed by atoms with van der Waals surface area (Å²) in [5, 5.41) is 2.59. The summed E-state index contributed by atoms with van der Waals surface area (Å²) in [7, 11) is 0. The third kappa shape index (κ3) is 2.39. The number of rotatable bonds is 4. The summed E-state index contributed by atoms with van der Waals surface area (Å²) in [5.41, 5.74) is 3.97. The average Bonchev–Trinajstić information content (AvgIpc) is 2.78. The maximum atomic E-state index is 12.5. The molecule has 1 aliphatic rings. The lowest BCUT2D eigenvalue weighted by Gasteiger charge is -2.24. The summed E-state index contributed by atoms with van der Waals surface area (Å²) in [6.07, 6.45) is -3.73. The van der Waals surface area contributed by atoms with Gasteiger partial charge in [-0.25, -0.2) is 0 Å². The molecule has 84 valence electrons. The summed E-state index contributed by atoms with van der Waals surface area (Å²) in [4.78, 5) is 0. The molecule has 1 aliphatic carbocycles. The maximum absolute atomic E-state index is 12.5. The number of hydrogen-bond donors (Lipinski definition) is 2. The molecule has 1 fully saturated rings. The first-order chi connectivity index (χ1) is 6.28. The third-order valence-corrected chi connectivity index (χ3v) is 2.95. The van der Waals surface area contributed by atoms with Crippen LogP contribution in [-0.2, 0) is 0 Å². The Kier molecular flexibility index (Phi) is 3.11. The fraction of sp³-hybridized carbons (Fsp3) is 1.00. The molecule has 2 unspecified atom stereocenters. The van der Waals surface area contributed by atoms with Crippen LogP contribution in [0.1, 0.15) is 26.7 Å². The second-order valence-electron chi connectivity index (χ2n) is 4.30. The predicted octanol–water partition coefficient (Wildman–Crippen LogP) is 1.65. The van der Waals surface area contributed by atoms with E-state index in [1.54, 1.807) is 6.92 Å². The summed E-state index contributed by atoms with van der Waals surface area (Å²) in [6, 6.07) is -0.0773. The molecule has 0 spiro atoms. The van der Waals surface area contributed by atoms with Gasteiger partial charge < -0.3 is 11.1 Å². The van der Waals surface area contributed by atoms with Crippen molar-refractivity contribution >= 4 is 0 Å². The second-order valence-corrected chi connectivity index (χ2v) is 4.30. The van der Waals surface area contributed by atoms with Crippen LogP contribution in [0.15, 0.2) is 0 Å². The van der Waals surface area contributed by atoms with Gasteiger partial charge in [-0.05, 0) is 32.2 Å². The fourth-order valence-electron chi connectivity index (χ4n) is 1.23. The molecule has 14 heavy (non-hydrogen) atoms. The Morgan fingerprint density at radius 3 is 2.14 bits per heavy atom. The minimum absolute atomic E-state index is 0.0647. The molecular weight excluding hydrogens is 193 g/mol. The molecule has 0 aromatic carbocycles. The lowest BCUT2D eigenvalue weighted by Crippen LogP contribution is -2.48. The predicted molar refractivity (Wildman–Crippen MR) is 48.8 cm³/mol. The van der Waals surface area contributed by atoms with E-state index in [-0.39, 0.29) is 24.8 Å². The Bertz CT molecular complexity index is 197. The van der Waals surface area contributed by atoms with E-state index in [0.717, 1.165) is 0 Å². The van der Waals surface area contributed by atoms with Crippen molar-refractivity contribution in [3.63, 3.8) is 0 Å². The van der Waals surface area contributed by atoms with E-state index in [4.69, 9.17) is 5.73 Å². The molecular formula is C9H17F3N2. The molecule has 5 heteroatoms. The minimum Gasteiger partial charge on any atom is -0.328 e. The molecule has 0 amide bonds. The van der Waals surface area contributed by atoms with Crippen molar-refractivity contribution < 1.29 is 13.2 Å². The summed E-state index contributed by atoms with van der Waals surface area (Å²) in [6.45, 7) is 3.99. The Hall–Kier alpha value is -0.290. The van der Waals surface area contributed by atoms with Gasteiger partial charge in [0.2, 0.25) is 0 Å². The SMILES string of the molecule is CC(N)C(C)CNC1(C(F)(F)F)CC1. The van der Waals surface area contributed by atoms with Crippen LogP contribution in [-0.4, -0.2) is 24.3 Å². The highest BCUT2D eigenvalue weighted by molar-refractivity contribution is 5.08. The van der Waals surface area contributed by atoms with E-state index in [1.807, 2.05) is 6.92 Å². The molecule has 0 radical (unpaired) electrons. The Balaban J connectivity index is 2.39. The zero-order valence-corrected chi connectivity index (χ0v) is 8.49. The minimum atomic E-state index is -4.12. The molecule has 0 saturated heterocycles. The van der Waals surface area contributed by atoms with Crippen LogP contribution < -0.4 is 11.1 Å². The lowest BCUT2D eigenvalue weighted by molar-refractivity contribution is -0.166. The van der Waals surface area contributed by atoms with E-state index < -0.39 is 11.7 Å². The Labute approximate surface area is 82.0 Å². The molecule has 3 N–H and O–H groups in total. The van der Waals surface area contributed by atoms with Crippen molar-refractivity contribution in [3.8, 4) is 0 Å². The van der Waals surface area contributed by atoms with Crippen molar-refractivity contribution in [2.45, 2.75) is 44.4 Å². The van der Waals surface area contributed by atoms with Gasteiger partial charge in [0, 0.05) is 6.04 Å². The zero-order valence-electron chi connectivity index (χ0n) is 8.49. The number of nitrogens with one attached hydrogen (secondary N) is 1. The third-order valence-electron chi connectivity index (χ3n) is 2.95. The van der Waals surface area contributed by atoms with Crippen LogP contribution in [0.5, 0.6) is 0 Å². The first-order valence-electron chi connectivity index (χ1n) is 4.86. The largest absolute Gasteiger partial charge is 0.406 e. The van der Waals surface area contributed by atoms with Crippen molar-refractivity contribution in [3.05, 3.63) is 0 Å². The van der Waals surface area contributed by atoms with Gasteiger partial charge in [0.1, 0.15) is 5.54 Å². The fourth-order valence-corrected chi connectivity index (χ4v) is 1.23. The first kappa shape index (κ1) is 11.8. The normalized spacial score (nSPS) is 24.4. The number of alkyl halides is 3. The van der Waals surface area contributed by atoms with Crippen LogP contribution in [0.25, 0.3) is 0 Å². The van der Waals surface area contributed by atoms with Gasteiger partial charge in [0.25, 0.3) is 0 Å². The number of hydrogen-bond acceptors (Lipinski definition) is 2. The molecule has 0 bridgehead atoms. The van der Waals surface area contributed by atoms with Gasteiger partial charge in [-0.15, -0.1) is 0 Å². The maximum Gasteiger partial charge on any atom is 0.406 e. The number of nitrogens with two attached hydrogens (primary N) is 1. The van der Waals surface area contributed by atoms with Gasteiger partial charge in [0.05, 0.1) is 0 Å². The van der Waals surface area contributed by atoms with Crippen LogP contribution in [0.2, 0.25) is 0 Å². The first-order valence-corrected chi connectivity index (χ1v) is 4.86. The molecule has 0 aliphatic heterocycles. The highest BCUT2D eigenvalue weighted by Gasteiger charge is 2.62. The van der Waals surface area contributed by atoms with Crippen molar-refractivity contribution in [1.29, 1.82) is 0 Å². The Morgan fingerprint density at radius 2 is 1.86 bits per heavy atom. The van der Waals surface area contributed by atoms with Gasteiger partial charge >= 0.3 is 6.18 Å².